The van der Waals surface area contributed by atoms with E-state index in [2.05, 4.69) is 22.8 Å². The van der Waals surface area contributed by atoms with E-state index in [0.29, 0.717) is 23.7 Å². The van der Waals surface area contributed by atoms with Crippen LogP contribution >= 0.6 is 11.3 Å². The standard InChI is InChI=1S/C16H21NOS/c18-16(17-9-14-2-1-3-19-14)15-12-5-10-4-11(7-12)8-13(15)6-10/h1-3,10-13,15H,4-9H2,(H,17,18). The molecule has 0 spiro atoms. The van der Waals surface area contributed by atoms with Gasteiger partial charge in [0.05, 0.1) is 6.54 Å². The summed E-state index contributed by atoms with van der Waals surface area (Å²) in [6.07, 6.45) is 6.75. The maximum absolute atomic E-state index is 12.5. The van der Waals surface area contributed by atoms with Crippen molar-refractivity contribution in [1.82, 2.24) is 5.32 Å². The third kappa shape index (κ3) is 2.12. The molecule has 4 bridgehead atoms. The number of nitrogens with one attached hydrogen (secondary N) is 1. The molecule has 4 aliphatic rings. The van der Waals surface area contributed by atoms with Gasteiger partial charge in [-0.3, -0.25) is 4.79 Å². The first-order valence-corrected chi connectivity index (χ1v) is 8.47. The molecular formula is C16H21NOS. The Labute approximate surface area is 118 Å². The molecule has 1 amide bonds. The van der Waals surface area contributed by atoms with E-state index in [1.54, 1.807) is 11.3 Å². The summed E-state index contributed by atoms with van der Waals surface area (Å²) in [6, 6.07) is 4.15. The molecule has 0 aliphatic heterocycles. The molecule has 0 unspecified atom stereocenters. The van der Waals surface area contributed by atoms with Gasteiger partial charge in [-0.2, -0.15) is 0 Å². The van der Waals surface area contributed by atoms with E-state index in [1.807, 2.05) is 0 Å². The van der Waals surface area contributed by atoms with Crippen LogP contribution in [0.4, 0.5) is 0 Å². The third-order valence-corrected chi connectivity index (χ3v) is 6.42. The molecule has 4 fully saturated rings. The van der Waals surface area contributed by atoms with Crippen LogP contribution in [0, 0.1) is 29.6 Å². The van der Waals surface area contributed by atoms with Gasteiger partial charge in [0.15, 0.2) is 0 Å². The summed E-state index contributed by atoms with van der Waals surface area (Å²) in [6.45, 7) is 0.722. The summed E-state index contributed by atoms with van der Waals surface area (Å²) in [5.74, 6) is 3.95. The van der Waals surface area contributed by atoms with Crippen molar-refractivity contribution in [2.75, 3.05) is 0 Å². The fourth-order valence-corrected chi connectivity index (χ4v) is 5.70. The summed E-state index contributed by atoms with van der Waals surface area (Å²) in [7, 11) is 0. The minimum atomic E-state index is 0.327. The Bertz CT molecular complexity index is 439. The predicted octanol–water partition coefficient (Wildman–Crippen LogP) is 3.44. The van der Waals surface area contributed by atoms with Crippen molar-refractivity contribution < 1.29 is 4.79 Å². The lowest BCUT2D eigenvalue weighted by Gasteiger charge is -2.53. The Morgan fingerprint density at radius 1 is 1.16 bits per heavy atom. The molecule has 19 heavy (non-hydrogen) atoms. The van der Waals surface area contributed by atoms with Crippen molar-refractivity contribution in [3.63, 3.8) is 0 Å². The number of rotatable bonds is 3. The van der Waals surface area contributed by atoms with E-state index in [9.17, 15) is 4.79 Å². The minimum absolute atomic E-state index is 0.327. The molecule has 5 rings (SSSR count). The molecule has 4 saturated carbocycles. The fraction of sp³-hybridized carbons (Fsp3) is 0.688. The van der Waals surface area contributed by atoms with Gasteiger partial charge in [0.2, 0.25) is 5.91 Å². The highest BCUT2D eigenvalue weighted by Gasteiger charge is 2.50. The highest BCUT2D eigenvalue weighted by Crippen LogP contribution is 2.56. The van der Waals surface area contributed by atoms with E-state index in [4.69, 9.17) is 0 Å². The average Bonchev–Trinajstić information content (AvgIpc) is 2.88. The maximum Gasteiger partial charge on any atom is 0.223 e. The molecule has 1 N–H and O–H groups in total. The van der Waals surface area contributed by atoms with Crippen molar-refractivity contribution in [2.24, 2.45) is 29.6 Å². The molecule has 2 nitrogen and oxygen atoms in total. The largest absolute Gasteiger partial charge is 0.351 e. The molecule has 0 atom stereocenters. The van der Waals surface area contributed by atoms with Gasteiger partial charge >= 0.3 is 0 Å². The minimum Gasteiger partial charge on any atom is -0.351 e. The summed E-state index contributed by atoms with van der Waals surface area (Å²) < 4.78 is 0. The summed E-state index contributed by atoms with van der Waals surface area (Å²) >= 11 is 1.73. The van der Waals surface area contributed by atoms with Crippen LogP contribution in [0.5, 0.6) is 0 Å². The van der Waals surface area contributed by atoms with Crippen molar-refractivity contribution in [1.29, 1.82) is 0 Å². The zero-order valence-electron chi connectivity index (χ0n) is 11.2. The first-order valence-electron chi connectivity index (χ1n) is 7.59. The number of amides is 1. The monoisotopic (exact) mass is 275 g/mol. The molecule has 4 aliphatic carbocycles. The van der Waals surface area contributed by atoms with Gasteiger partial charge in [-0.25, -0.2) is 0 Å². The van der Waals surface area contributed by atoms with Gasteiger partial charge in [0.1, 0.15) is 0 Å². The van der Waals surface area contributed by atoms with E-state index >= 15 is 0 Å². The first-order chi connectivity index (χ1) is 9.29. The number of carbonyl (C=O) groups is 1. The molecule has 3 heteroatoms. The Morgan fingerprint density at radius 3 is 2.42 bits per heavy atom. The molecule has 0 radical (unpaired) electrons. The SMILES string of the molecule is O=C(NCc1cccs1)C1C2CC3CC(C2)CC1C3. The zero-order chi connectivity index (χ0) is 12.8. The van der Waals surface area contributed by atoms with E-state index < -0.39 is 0 Å². The lowest BCUT2D eigenvalue weighted by atomic mass is 9.51. The number of carbonyl (C=O) groups excluding carboxylic acids is 1. The van der Waals surface area contributed by atoms with Crippen LogP contribution in [0.1, 0.15) is 37.0 Å². The van der Waals surface area contributed by atoms with Crippen LogP contribution in [0.25, 0.3) is 0 Å². The molecule has 1 aromatic heterocycles. The number of hydrogen-bond donors (Lipinski definition) is 1. The smallest absolute Gasteiger partial charge is 0.223 e. The van der Waals surface area contributed by atoms with Crippen LogP contribution < -0.4 is 5.32 Å². The lowest BCUT2D eigenvalue weighted by molar-refractivity contribution is -0.138. The average molecular weight is 275 g/mol. The molecular weight excluding hydrogens is 254 g/mol. The van der Waals surface area contributed by atoms with Crippen molar-refractivity contribution in [3.05, 3.63) is 22.4 Å². The Balaban J connectivity index is 1.43. The second kappa shape index (κ2) is 4.62. The van der Waals surface area contributed by atoms with Crippen LogP contribution in [0.15, 0.2) is 17.5 Å². The van der Waals surface area contributed by atoms with E-state index in [-0.39, 0.29) is 0 Å². The quantitative estimate of drug-likeness (QED) is 0.899. The van der Waals surface area contributed by atoms with Crippen molar-refractivity contribution in [2.45, 2.75) is 38.6 Å². The van der Waals surface area contributed by atoms with Crippen molar-refractivity contribution in [3.8, 4) is 0 Å². The molecule has 0 saturated heterocycles. The van der Waals surface area contributed by atoms with E-state index in [0.717, 1.165) is 18.4 Å². The van der Waals surface area contributed by atoms with Gasteiger partial charge in [-0.1, -0.05) is 6.07 Å². The summed E-state index contributed by atoms with van der Waals surface area (Å²) in [5, 5.41) is 5.26. The van der Waals surface area contributed by atoms with Crippen LogP contribution in [-0.4, -0.2) is 5.91 Å². The fourth-order valence-electron chi connectivity index (χ4n) is 5.06. The van der Waals surface area contributed by atoms with Crippen LogP contribution in [0.2, 0.25) is 0 Å². The normalized spacial score (nSPS) is 39.5. The molecule has 0 aromatic carbocycles. The van der Waals surface area contributed by atoms with Gasteiger partial charge in [0, 0.05) is 10.8 Å². The second-order valence-corrected chi connectivity index (χ2v) is 7.79. The maximum atomic E-state index is 12.5. The van der Waals surface area contributed by atoms with Crippen molar-refractivity contribution >= 4 is 17.2 Å². The number of thiophene rings is 1. The highest BCUT2D eigenvalue weighted by atomic mass is 32.1. The third-order valence-electron chi connectivity index (χ3n) is 5.55. The summed E-state index contributed by atoms with van der Waals surface area (Å²) in [4.78, 5) is 13.8. The van der Waals surface area contributed by atoms with E-state index in [1.165, 1.54) is 37.0 Å². The van der Waals surface area contributed by atoms with Gasteiger partial charge in [-0.05, 0) is 67.2 Å². The summed E-state index contributed by atoms with van der Waals surface area (Å²) in [5.41, 5.74) is 0. The topological polar surface area (TPSA) is 29.1 Å². The second-order valence-electron chi connectivity index (χ2n) is 6.75. The first kappa shape index (κ1) is 12.0. The van der Waals surface area contributed by atoms with Crippen LogP contribution in [-0.2, 0) is 11.3 Å². The predicted molar refractivity (Wildman–Crippen MR) is 76.7 cm³/mol. The Hall–Kier alpha value is -0.830. The Kier molecular flexibility index (Phi) is 2.91. The zero-order valence-corrected chi connectivity index (χ0v) is 12.0. The Morgan fingerprint density at radius 2 is 1.84 bits per heavy atom. The number of hydrogen-bond acceptors (Lipinski definition) is 2. The highest BCUT2D eigenvalue weighted by molar-refractivity contribution is 7.09. The van der Waals surface area contributed by atoms with Crippen LogP contribution in [0.3, 0.4) is 0 Å². The van der Waals surface area contributed by atoms with Gasteiger partial charge in [-0.15, -0.1) is 11.3 Å². The van der Waals surface area contributed by atoms with Gasteiger partial charge < -0.3 is 5.32 Å². The molecule has 1 aromatic rings. The lowest BCUT2D eigenvalue weighted by Crippen LogP contribution is -2.50. The molecule has 1 heterocycles. The molecule has 102 valence electrons. The van der Waals surface area contributed by atoms with Gasteiger partial charge in [0.25, 0.3) is 0 Å².